The molecule has 8 heteroatoms. The number of fused-ring (bicyclic) bond motifs is 1. The van der Waals surface area contributed by atoms with Crippen molar-refractivity contribution in [1.82, 2.24) is 14.7 Å². The van der Waals surface area contributed by atoms with E-state index in [1.165, 1.54) is 12.1 Å². The fourth-order valence-corrected chi connectivity index (χ4v) is 4.02. The van der Waals surface area contributed by atoms with E-state index in [1.54, 1.807) is 28.8 Å². The second kappa shape index (κ2) is 8.50. The van der Waals surface area contributed by atoms with Crippen molar-refractivity contribution in [2.24, 2.45) is 7.05 Å². The normalized spacial score (nSPS) is 14.3. The number of hydrogen-bond donors (Lipinski definition) is 0. The van der Waals surface area contributed by atoms with Gasteiger partial charge in [0.1, 0.15) is 11.4 Å². The van der Waals surface area contributed by atoms with Crippen LogP contribution in [-0.4, -0.2) is 52.0 Å². The number of hydrogen-bond acceptors (Lipinski definition) is 5. The van der Waals surface area contributed by atoms with Crippen molar-refractivity contribution in [3.63, 3.8) is 0 Å². The van der Waals surface area contributed by atoms with Crippen LogP contribution < -0.4 is 0 Å². The Morgan fingerprint density at radius 1 is 1.15 bits per heavy atom. The van der Waals surface area contributed by atoms with Crippen LogP contribution in [0.4, 0.5) is 9.18 Å². The van der Waals surface area contributed by atoms with Crippen LogP contribution in [0.25, 0.3) is 22.0 Å². The van der Waals surface area contributed by atoms with E-state index in [0.29, 0.717) is 18.7 Å². The lowest BCUT2D eigenvalue weighted by atomic mass is 9.87. The molecule has 0 aliphatic carbocycles. The third-order valence-corrected chi connectivity index (χ3v) is 5.66. The Balaban J connectivity index is 1.72. The Bertz CT molecular complexity index is 1220. The highest BCUT2D eigenvalue weighted by Crippen LogP contribution is 2.37. The minimum Gasteiger partial charge on any atom is -0.462 e. The molecule has 0 atom stereocenters. The van der Waals surface area contributed by atoms with Gasteiger partial charge in [0.25, 0.3) is 0 Å². The molecule has 7 nitrogen and oxygen atoms in total. The molecule has 0 N–H and O–H groups in total. The Labute approximate surface area is 192 Å². The summed E-state index contributed by atoms with van der Waals surface area (Å²) in [5, 5.41) is 5.23. The number of amides is 1. The molecule has 0 saturated carbocycles. The minimum atomic E-state index is -0.575. The van der Waals surface area contributed by atoms with Gasteiger partial charge in [-0.2, -0.15) is 5.10 Å². The zero-order valence-electron chi connectivity index (χ0n) is 19.5. The van der Waals surface area contributed by atoms with Crippen molar-refractivity contribution in [1.29, 1.82) is 0 Å². The maximum Gasteiger partial charge on any atom is 0.410 e. The largest absolute Gasteiger partial charge is 0.462 e. The number of esters is 1. The van der Waals surface area contributed by atoms with Gasteiger partial charge in [-0.15, -0.1) is 0 Å². The van der Waals surface area contributed by atoms with Crippen LogP contribution in [0, 0.1) is 5.82 Å². The Morgan fingerprint density at radius 3 is 2.55 bits per heavy atom. The predicted octanol–water partition coefficient (Wildman–Crippen LogP) is 4.89. The number of benzene rings is 2. The molecule has 0 spiro atoms. The van der Waals surface area contributed by atoms with Crippen molar-refractivity contribution in [2.75, 3.05) is 19.7 Å². The summed E-state index contributed by atoms with van der Waals surface area (Å²) in [4.78, 5) is 26.6. The summed E-state index contributed by atoms with van der Waals surface area (Å²) in [5.74, 6) is -0.969. The van der Waals surface area contributed by atoms with Crippen LogP contribution in [0.2, 0.25) is 0 Å². The molecule has 1 aliphatic rings. The number of rotatable bonds is 4. The second-order valence-electron chi connectivity index (χ2n) is 9.26. The molecule has 1 aliphatic heterocycles. The standard InChI is InChI=1S/C25H28FN3O4/c1-6-32-23(30)20-11-17(26)7-8-18(20)19-9-15(10-22-21(19)12-27-28(22)5)16-13-29(14-16)24(31)33-25(2,3)4/h7-12,16H,6,13-14H2,1-5H3. The van der Waals surface area contributed by atoms with Crippen molar-refractivity contribution in [3.05, 3.63) is 53.5 Å². The highest BCUT2D eigenvalue weighted by molar-refractivity contribution is 6.03. The van der Waals surface area contributed by atoms with E-state index in [4.69, 9.17) is 9.47 Å². The zero-order valence-corrected chi connectivity index (χ0v) is 19.5. The number of aromatic nitrogens is 2. The molecule has 1 aromatic heterocycles. The first kappa shape index (κ1) is 22.8. The van der Waals surface area contributed by atoms with Crippen LogP contribution in [-0.2, 0) is 16.5 Å². The monoisotopic (exact) mass is 453 g/mol. The van der Waals surface area contributed by atoms with Crippen LogP contribution >= 0.6 is 0 Å². The second-order valence-corrected chi connectivity index (χ2v) is 9.26. The summed E-state index contributed by atoms with van der Waals surface area (Å²) in [5.41, 5.74) is 2.88. The minimum absolute atomic E-state index is 0.113. The van der Waals surface area contributed by atoms with E-state index >= 15 is 0 Å². The van der Waals surface area contributed by atoms with Crippen molar-refractivity contribution >= 4 is 23.0 Å². The summed E-state index contributed by atoms with van der Waals surface area (Å²) in [7, 11) is 1.85. The van der Waals surface area contributed by atoms with Gasteiger partial charge >= 0.3 is 12.1 Å². The summed E-state index contributed by atoms with van der Waals surface area (Å²) in [6, 6.07) is 8.19. The molecule has 3 aromatic rings. The van der Waals surface area contributed by atoms with E-state index in [2.05, 4.69) is 11.2 Å². The van der Waals surface area contributed by atoms with Crippen molar-refractivity contribution in [2.45, 2.75) is 39.2 Å². The maximum atomic E-state index is 14.0. The zero-order chi connectivity index (χ0) is 23.9. The summed E-state index contributed by atoms with van der Waals surface area (Å²) < 4.78 is 26.4. The van der Waals surface area contributed by atoms with Gasteiger partial charge in [-0.25, -0.2) is 14.0 Å². The van der Waals surface area contributed by atoms with Crippen LogP contribution in [0.15, 0.2) is 36.5 Å². The molecule has 1 saturated heterocycles. The highest BCUT2D eigenvalue weighted by Gasteiger charge is 2.35. The first-order chi connectivity index (χ1) is 15.6. The molecule has 1 amide bonds. The van der Waals surface area contributed by atoms with Gasteiger partial charge in [0.2, 0.25) is 0 Å². The maximum absolute atomic E-state index is 14.0. The SMILES string of the molecule is CCOC(=O)c1cc(F)ccc1-c1cc(C2CN(C(=O)OC(C)(C)C)C2)cc2c1cnn2C. The lowest BCUT2D eigenvalue weighted by Crippen LogP contribution is -2.50. The van der Waals surface area contributed by atoms with Gasteiger partial charge in [0.15, 0.2) is 0 Å². The molecule has 33 heavy (non-hydrogen) atoms. The third kappa shape index (κ3) is 4.55. The van der Waals surface area contributed by atoms with E-state index < -0.39 is 17.4 Å². The van der Waals surface area contributed by atoms with Gasteiger partial charge in [-0.05, 0) is 68.7 Å². The Hall–Kier alpha value is -3.42. The fraction of sp³-hybridized carbons (Fsp3) is 0.400. The number of likely N-dealkylation sites (tertiary alicyclic amines) is 1. The smallest absolute Gasteiger partial charge is 0.410 e. The Morgan fingerprint density at radius 2 is 1.88 bits per heavy atom. The fourth-order valence-electron chi connectivity index (χ4n) is 4.02. The van der Waals surface area contributed by atoms with Crippen LogP contribution in [0.1, 0.15) is 49.5 Å². The molecule has 174 valence electrons. The summed E-state index contributed by atoms with van der Waals surface area (Å²) >= 11 is 0. The lowest BCUT2D eigenvalue weighted by Gasteiger charge is -2.40. The van der Waals surface area contributed by atoms with E-state index in [1.807, 2.05) is 33.9 Å². The van der Waals surface area contributed by atoms with Gasteiger partial charge in [-0.3, -0.25) is 4.68 Å². The van der Waals surface area contributed by atoms with Gasteiger partial charge in [0.05, 0.1) is 23.9 Å². The van der Waals surface area contributed by atoms with Gasteiger partial charge in [-0.1, -0.05) is 6.07 Å². The number of ether oxygens (including phenoxy) is 2. The average Bonchev–Trinajstić information content (AvgIpc) is 3.06. The molecule has 2 aromatic carbocycles. The van der Waals surface area contributed by atoms with Crippen LogP contribution in [0.5, 0.6) is 0 Å². The highest BCUT2D eigenvalue weighted by atomic mass is 19.1. The molecular weight excluding hydrogens is 425 g/mol. The van der Waals surface area contributed by atoms with Crippen molar-refractivity contribution < 1.29 is 23.5 Å². The number of halogens is 1. The topological polar surface area (TPSA) is 73.7 Å². The molecule has 4 rings (SSSR count). The Kier molecular flexibility index (Phi) is 5.86. The first-order valence-corrected chi connectivity index (χ1v) is 11.0. The van der Waals surface area contributed by atoms with E-state index in [0.717, 1.165) is 22.0 Å². The average molecular weight is 454 g/mol. The van der Waals surface area contributed by atoms with Crippen molar-refractivity contribution in [3.8, 4) is 11.1 Å². The molecule has 0 bridgehead atoms. The van der Waals surface area contributed by atoms with E-state index in [-0.39, 0.29) is 24.2 Å². The predicted molar refractivity (Wildman–Crippen MR) is 123 cm³/mol. The third-order valence-electron chi connectivity index (χ3n) is 5.66. The van der Waals surface area contributed by atoms with Crippen LogP contribution in [0.3, 0.4) is 0 Å². The van der Waals surface area contributed by atoms with Gasteiger partial charge < -0.3 is 14.4 Å². The van der Waals surface area contributed by atoms with Gasteiger partial charge in [0, 0.05) is 31.4 Å². The summed E-state index contributed by atoms with van der Waals surface area (Å²) in [6.45, 7) is 8.50. The number of nitrogens with zero attached hydrogens (tertiary/aromatic N) is 3. The quantitative estimate of drug-likeness (QED) is 0.526. The molecule has 0 radical (unpaired) electrons. The number of aryl methyl sites for hydroxylation is 1. The number of carbonyl (C=O) groups excluding carboxylic acids is 2. The first-order valence-electron chi connectivity index (χ1n) is 11.0. The molecular formula is C25H28FN3O4. The molecule has 2 heterocycles. The molecule has 1 fully saturated rings. The molecule has 0 unspecified atom stereocenters. The van der Waals surface area contributed by atoms with E-state index in [9.17, 15) is 14.0 Å². The lowest BCUT2D eigenvalue weighted by molar-refractivity contribution is 0.00818. The number of carbonyl (C=O) groups is 2. The summed E-state index contributed by atoms with van der Waals surface area (Å²) in [6.07, 6.45) is 1.41.